The number of carbonyl (C=O) groups excluding carboxylic acids is 3. The molecule has 1 amide bonds. The van der Waals surface area contributed by atoms with Gasteiger partial charge in [-0.05, 0) is 37.0 Å². The van der Waals surface area contributed by atoms with Crippen molar-refractivity contribution in [2.75, 3.05) is 13.7 Å². The Morgan fingerprint density at radius 1 is 1.25 bits per heavy atom. The van der Waals surface area contributed by atoms with Crippen LogP contribution in [0.5, 0.6) is 11.5 Å². The van der Waals surface area contributed by atoms with E-state index >= 15 is 0 Å². The summed E-state index contributed by atoms with van der Waals surface area (Å²) in [5, 5.41) is 0.296. The number of hydrogen-bond donors (Lipinski definition) is 0. The zero-order valence-electron chi connectivity index (χ0n) is 19.1. The van der Waals surface area contributed by atoms with E-state index in [4.69, 9.17) is 14.2 Å². The molecule has 0 radical (unpaired) electrons. The minimum absolute atomic E-state index is 0.106. The van der Waals surface area contributed by atoms with Crippen molar-refractivity contribution >= 4 is 34.8 Å². The predicted molar refractivity (Wildman–Crippen MR) is 121 cm³/mol. The van der Waals surface area contributed by atoms with Crippen LogP contribution in [0.1, 0.15) is 52.6 Å². The van der Waals surface area contributed by atoms with E-state index in [1.54, 1.807) is 30.0 Å². The second-order valence-electron chi connectivity index (χ2n) is 8.02. The fraction of sp³-hybridized carbons (Fsp3) is 0.478. The lowest BCUT2D eigenvalue weighted by atomic mass is 9.93. The van der Waals surface area contributed by atoms with Gasteiger partial charge < -0.3 is 14.2 Å². The third kappa shape index (κ3) is 4.67. The lowest BCUT2D eigenvalue weighted by Gasteiger charge is -2.33. The standard InChI is InChI=1S/C23H28N2O6S/c1-7-18-21(27)25-20(15-8-9-16(31-14(5)26)17(10-15)29-6)19(13(4)24-23(25)32-18)22(28)30-11-12(2)3/h8-10,12,18,20H,7,11H2,1-6H3. The summed E-state index contributed by atoms with van der Waals surface area (Å²) in [6, 6.07) is 4.26. The normalized spacial score (nSPS) is 20.3. The molecule has 3 rings (SSSR count). The molecule has 0 N–H and O–H groups in total. The number of carbonyl (C=O) groups is 3. The number of rotatable bonds is 7. The molecule has 1 saturated heterocycles. The summed E-state index contributed by atoms with van der Waals surface area (Å²) in [6.07, 6.45) is 0.645. The van der Waals surface area contributed by atoms with E-state index in [1.165, 1.54) is 25.8 Å². The smallest absolute Gasteiger partial charge is 0.338 e. The Balaban J connectivity index is 2.11. The zero-order chi connectivity index (χ0) is 23.6. The molecule has 2 atom stereocenters. The number of esters is 2. The van der Waals surface area contributed by atoms with Crippen LogP contribution in [-0.2, 0) is 19.1 Å². The first-order chi connectivity index (χ1) is 15.2. The van der Waals surface area contributed by atoms with Crippen LogP contribution in [0.2, 0.25) is 0 Å². The SMILES string of the molecule is CCC1SC2=NC(C)=C(C(=O)OCC(C)C)C(c3ccc(OC(C)=O)c(OC)c3)N2C1=O. The fourth-order valence-electron chi connectivity index (χ4n) is 3.58. The monoisotopic (exact) mass is 460 g/mol. The molecule has 1 aromatic rings. The van der Waals surface area contributed by atoms with Gasteiger partial charge in [-0.2, -0.15) is 0 Å². The lowest BCUT2D eigenvalue weighted by Crippen LogP contribution is -2.41. The van der Waals surface area contributed by atoms with E-state index in [0.717, 1.165) is 0 Å². The molecule has 1 fully saturated rings. The summed E-state index contributed by atoms with van der Waals surface area (Å²) in [5.41, 5.74) is 1.45. The van der Waals surface area contributed by atoms with Gasteiger partial charge in [-0.15, -0.1) is 0 Å². The average Bonchev–Trinajstić information content (AvgIpc) is 3.06. The third-order valence-corrected chi connectivity index (χ3v) is 6.37. The number of aliphatic imine (C=N–C) groups is 1. The van der Waals surface area contributed by atoms with Gasteiger partial charge in [-0.25, -0.2) is 9.79 Å². The number of allylic oxidation sites excluding steroid dienone is 1. The van der Waals surface area contributed by atoms with E-state index in [9.17, 15) is 14.4 Å². The van der Waals surface area contributed by atoms with E-state index in [-0.39, 0.29) is 29.4 Å². The Bertz CT molecular complexity index is 1000. The molecule has 0 aliphatic carbocycles. The maximum Gasteiger partial charge on any atom is 0.338 e. The lowest BCUT2D eigenvalue weighted by molar-refractivity contribution is -0.141. The molecule has 172 valence electrons. The van der Waals surface area contributed by atoms with Gasteiger partial charge in [-0.3, -0.25) is 14.5 Å². The highest BCUT2D eigenvalue weighted by Gasteiger charge is 2.47. The van der Waals surface area contributed by atoms with E-state index in [0.29, 0.717) is 34.2 Å². The predicted octanol–water partition coefficient (Wildman–Crippen LogP) is 3.86. The number of thioether (sulfide) groups is 1. The first-order valence-corrected chi connectivity index (χ1v) is 11.4. The number of benzene rings is 1. The molecule has 2 heterocycles. The molecule has 2 aliphatic heterocycles. The van der Waals surface area contributed by atoms with Crippen molar-refractivity contribution in [3.63, 3.8) is 0 Å². The number of amidine groups is 1. The van der Waals surface area contributed by atoms with Gasteiger partial charge in [0.1, 0.15) is 0 Å². The second kappa shape index (κ2) is 9.77. The second-order valence-corrected chi connectivity index (χ2v) is 9.19. The number of fused-ring (bicyclic) bond motifs is 1. The first-order valence-electron chi connectivity index (χ1n) is 10.5. The van der Waals surface area contributed by atoms with Crippen molar-refractivity contribution in [3.8, 4) is 11.5 Å². The summed E-state index contributed by atoms with van der Waals surface area (Å²) in [6.45, 7) is 9.16. The molecule has 1 aromatic carbocycles. The van der Waals surface area contributed by atoms with Crippen LogP contribution >= 0.6 is 11.8 Å². The zero-order valence-corrected chi connectivity index (χ0v) is 19.9. The first kappa shape index (κ1) is 23.8. The Labute approximate surface area is 192 Å². The highest BCUT2D eigenvalue weighted by atomic mass is 32.2. The number of nitrogens with zero attached hydrogens (tertiary/aromatic N) is 2. The van der Waals surface area contributed by atoms with Crippen molar-refractivity contribution < 1.29 is 28.6 Å². The molecular weight excluding hydrogens is 432 g/mol. The molecular formula is C23H28N2O6S. The average molecular weight is 461 g/mol. The molecule has 2 aliphatic rings. The summed E-state index contributed by atoms with van der Waals surface area (Å²) < 4.78 is 16.1. The third-order valence-electron chi connectivity index (χ3n) is 5.05. The van der Waals surface area contributed by atoms with Gasteiger partial charge in [-0.1, -0.05) is 38.6 Å². The Morgan fingerprint density at radius 2 is 1.97 bits per heavy atom. The van der Waals surface area contributed by atoms with Crippen LogP contribution < -0.4 is 9.47 Å². The Kier molecular flexibility index (Phi) is 7.28. The molecule has 0 spiro atoms. The Hall–Kier alpha value is -2.81. The number of amides is 1. The van der Waals surface area contributed by atoms with E-state index in [2.05, 4.69) is 4.99 Å². The fourth-order valence-corrected chi connectivity index (χ4v) is 4.71. The Morgan fingerprint density at radius 3 is 2.56 bits per heavy atom. The van der Waals surface area contributed by atoms with Crippen LogP contribution in [0, 0.1) is 5.92 Å². The van der Waals surface area contributed by atoms with E-state index in [1.807, 2.05) is 20.8 Å². The number of hydrogen-bond acceptors (Lipinski definition) is 8. The molecule has 32 heavy (non-hydrogen) atoms. The summed E-state index contributed by atoms with van der Waals surface area (Å²) >= 11 is 1.40. The van der Waals surface area contributed by atoms with Crippen molar-refractivity contribution in [1.29, 1.82) is 0 Å². The largest absolute Gasteiger partial charge is 0.493 e. The number of methoxy groups -OCH3 is 1. The molecule has 2 unspecified atom stereocenters. The molecule has 0 aromatic heterocycles. The summed E-state index contributed by atoms with van der Waals surface area (Å²) in [5.74, 6) is -0.353. The summed E-state index contributed by atoms with van der Waals surface area (Å²) in [7, 11) is 1.46. The highest BCUT2D eigenvalue weighted by Crippen LogP contribution is 2.45. The van der Waals surface area contributed by atoms with Gasteiger partial charge in [0.05, 0.1) is 36.3 Å². The topological polar surface area (TPSA) is 94.5 Å². The van der Waals surface area contributed by atoms with Gasteiger partial charge in [0.25, 0.3) is 0 Å². The molecule has 0 bridgehead atoms. The van der Waals surface area contributed by atoms with Gasteiger partial charge in [0.15, 0.2) is 16.7 Å². The van der Waals surface area contributed by atoms with Crippen molar-refractivity contribution in [3.05, 3.63) is 35.0 Å². The maximum absolute atomic E-state index is 13.2. The highest BCUT2D eigenvalue weighted by molar-refractivity contribution is 8.15. The van der Waals surface area contributed by atoms with Crippen LogP contribution in [0.25, 0.3) is 0 Å². The van der Waals surface area contributed by atoms with Gasteiger partial charge in [0, 0.05) is 6.92 Å². The van der Waals surface area contributed by atoms with Gasteiger partial charge >= 0.3 is 11.9 Å². The maximum atomic E-state index is 13.2. The van der Waals surface area contributed by atoms with Crippen LogP contribution in [0.4, 0.5) is 0 Å². The van der Waals surface area contributed by atoms with Crippen molar-refractivity contribution in [1.82, 2.24) is 4.90 Å². The number of ether oxygens (including phenoxy) is 3. The summed E-state index contributed by atoms with van der Waals surface area (Å²) in [4.78, 5) is 43.9. The van der Waals surface area contributed by atoms with Crippen molar-refractivity contribution in [2.24, 2.45) is 10.9 Å². The quantitative estimate of drug-likeness (QED) is 0.450. The van der Waals surface area contributed by atoms with E-state index < -0.39 is 18.0 Å². The van der Waals surface area contributed by atoms with Crippen LogP contribution in [-0.4, -0.2) is 46.9 Å². The molecule has 9 heteroatoms. The minimum Gasteiger partial charge on any atom is -0.493 e. The minimum atomic E-state index is -0.723. The molecule has 0 saturated carbocycles. The molecule has 8 nitrogen and oxygen atoms in total. The van der Waals surface area contributed by atoms with Crippen LogP contribution in [0.3, 0.4) is 0 Å². The van der Waals surface area contributed by atoms with Gasteiger partial charge in [0.2, 0.25) is 5.91 Å². The van der Waals surface area contributed by atoms with Crippen LogP contribution in [0.15, 0.2) is 34.5 Å². The van der Waals surface area contributed by atoms with Crippen molar-refractivity contribution in [2.45, 2.75) is 52.3 Å².